The Morgan fingerprint density at radius 1 is 1.08 bits per heavy atom. The van der Waals surface area contributed by atoms with E-state index in [-0.39, 0.29) is 54.6 Å². The minimum absolute atomic E-state index is 0.00488. The summed E-state index contributed by atoms with van der Waals surface area (Å²) < 4.78 is 29.1. The van der Waals surface area contributed by atoms with E-state index in [1.165, 1.54) is 24.3 Å². The average Bonchev–Trinajstić information content (AvgIpc) is 3.60. The number of pyridine rings is 1. The van der Waals surface area contributed by atoms with Gasteiger partial charge in [0.2, 0.25) is 23.7 Å². The van der Waals surface area contributed by atoms with Crippen molar-refractivity contribution in [3.63, 3.8) is 0 Å². The lowest BCUT2D eigenvalue weighted by Crippen LogP contribution is -2.54. The summed E-state index contributed by atoms with van der Waals surface area (Å²) in [6, 6.07) is 17.0. The summed E-state index contributed by atoms with van der Waals surface area (Å²) in [7, 11) is -4.03. The number of sulfonamides is 1. The average molecular weight is 681 g/mol. The molecule has 0 saturated carbocycles. The van der Waals surface area contributed by atoms with Crippen LogP contribution >= 0.6 is 0 Å². The minimum atomic E-state index is -4.03. The van der Waals surface area contributed by atoms with E-state index < -0.39 is 33.4 Å². The van der Waals surface area contributed by atoms with E-state index in [1.54, 1.807) is 26.0 Å². The third-order valence-corrected chi connectivity index (χ3v) is 8.82. The molecule has 0 aliphatic carbocycles. The summed E-state index contributed by atoms with van der Waals surface area (Å²) in [4.78, 5) is 56.5. The molecule has 48 heavy (non-hydrogen) atoms. The molecule has 1 aliphatic heterocycles. The lowest BCUT2D eigenvalue weighted by atomic mass is 10.0. The summed E-state index contributed by atoms with van der Waals surface area (Å²) in [5.41, 5.74) is 6.96. The number of nitrogens with two attached hydrogens (primary N) is 1. The van der Waals surface area contributed by atoms with Gasteiger partial charge in [-0.15, -0.1) is 0 Å². The number of carbonyl (C=O) groups excluding carboxylic acids is 3. The third kappa shape index (κ3) is 10.1. The number of hydrogen-bond donors (Lipinski definition) is 6. The smallest absolute Gasteiger partial charge is 0.275 e. The molecule has 16 heteroatoms. The minimum Gasteiger partial charge on any atom is -0.391 e. The highest BCUT2D eigenvalue weighted by molar-refractivity contribution is 7.92. The number of aromatic nitrogens is 1. The highest BCUT2D eigenvalue weighted by Crippen LogP contribution is 2.15. The Morgan fingerprint density at radius 3 is 2.56 bits per heavy atom. The Morgan fingerprint density at radius 2 is 1.85 bits per heavy atom. The molecule has 7 N–H and O–H groups in total. The zero-order valence-electron chi connectivity index (χ0n) is 26.7. The predicted molar refractivity (Wildman–Crippen MR) is 179 cm³/mol. The molecule has 1 fully saturated rings. The molecule has 15 nitrogen and oxygen atoms in total. The van der Waals surface area contributed by atoms with Crippen molar-refractivity contribution in [1.82, 2.24) is 25.8 Å². The van der Waals surface area contributed by atoms with Crippen molar-refractivity contribution in [2.75, 3.05) is 24.4 Å². The normalized spacial score (nSPS) is 15.3. The molecule has 3 amide bonds. The van der Waals surface area contributed by atoms with Crippen LogP contribution in [-0.2, 0) is 42.2 Å². The summed E-state index contributed by atoms with van der Waals surface area (Å²) in [5, 5.41) is 14.6. The summed E-state index contributed by atoms with van der Waals surface area (Å²) in [6.07, 6.45) is 1.78. The van der Waals surface area contributed by atoms with Crippen LogP contribution in [0.5, 0.6) is 0 Å². The Labute approximate surface area is 278 Å². The van der Waals surface area contributed by atoms with Crippen LogP contribution in [0.25, 0.3) is 0 Å². The van der Waals surface area contributed by atoms with Crippen LogP contribution in [0.1, 0.15) is 29.7 Å². The number of guanidine groups is 1. The van der Waals surface area contributed by atoms with Gasteiger partial charge in [-0.2, -0.15) is 0 Å². The zero-order chi connectivity index (χ0) is 34.7. The van der Waals surface area contributed by atoms with Crippen molar-refractivity contribution in [3.05, 3.63) is 93.9 Å². The van der Waals surface area contributed by atoms with Gasteiger partial charge in [0.05, 0.1) is 17.5 Å². The van der Waals surface area contributed by atoms with Gasteiger partial charge in [0.1, 0.15) is 24.9 Å². The van der Waals surface area contributed by atoms with E-state index in [1.807, 2.05) is 30.3 Å². The van der Waals surface area contributed by atoms with Gasteiger partial charge in [-0.05, 0) is 73.8 Å². The topological polar surface area (TPSA) is 215 Å². The second-order valence-electron chi connectivity index (χ2n) is 11.3. The number of aryl methyl sites for hydroxylation is 2. The first-order valence-corrected chi connectivity index (χ1v) is 16.8. The first kappa shape index (κ1) is 35.6. The summed E-state index contributed by atoms with van der Waals surface area (Å²) in [6.45, 7) is 3.58. The van der Waals surface area contributed by atoms with Crippen molar-refractivity contribution in [3.8, 4) is 0 Å². The molecule has 256 valence electrons. The molecule has 2 aromatic carbocycles. The molecular weight excluding hydrogens is 640 g/mol. The monoisotopic (exact) mass is 680 g/mol. The largest absolute Gasteiger partial charge is 0.391 e. The molecule has 2 atom stereocenters. The number of carbonyl (C=O) groups is 3. The zero-order valence-corrected chi connectivity index (χ0v) is 27.5. The van der Waals surface area contributed by atoms with E-state index in [4.69, 9.17) is 10.6 Å². The van der Waals surface area contributed by atoms with Gasteiger partial charge in [0, 0.05) is 12.1 Å². The SMILES string of the molecule is Cc1cccc(S(=O)(=O)Nc2ccc(C)n(CC(=O)NCCO/N=C(\N)NC(=O)[C@H](Cc3ccccc3)NC(=O)[C@@H]3CCCN3)c2=O)c1. The second kappa shape index (κ2) is 16.6. The van der Waals surface area contributed by atoms with Gasteiger partial charge < -0.3 is 31.1 Å². The highest BCUT2D eigenvalue weighted by atomic mass is 32.2. The second-order valence-corrected chi connectivity index (χ2v) is 12.9. The highest BCUT2D eigenvalue weighted by Gasteiger charge is 2.28. The number of nitrogens with zero attached hydrogens (tertiary/aromatic N) is 2. The Kier molecular flexibility index (Phi) is 12.3. The maximum Gasteiger partial charge on any atom is 0.275 e. The van der Waals surface area contributed by atoms with Crippen LogP contribution in [0.15, 0.2) is 81.6 Å². The van der Waals surface area contributed by atoms with Crippen LogP contribution < -0.4 is 37.3 Å². The number of anilines is 1. The fourth-order valence-corrected chi connectivity index (χ4v) is 6.12. The Bertz CT molecular complexity index is 1810. The Balaban J connectivity index is 1.27. The van der Waals surface area contributed by atoms with Crippen molar-refractivity contribution in [1.29, 1.82) is 0 Å². The number of benzene rings is 2. The van der Waals surface area contributed by atoms with Gasteiger partial charge in [0.25, 0.3) is 15.6 Å². The lowest BCUT2D eigenvalue weighted by molar-refractivity contribution is -0.129. The maximum absolute atomic E-state index is 13.1. The number of oxime groups is 1. The molecule has 0 spiro atoms. The molecule has 3 aromatic rings. The molecule has 0 unspecified atom stereocenters. The van der Waals surface area contributed by atoms with Crippen LogP contribution in [0, 0.1) is 13.8 Å². The van der Waals surface area contributed by atoms with Crippen LogP contribution in [-0.4, -0.2) is 68.4 Å². The number of nitrogens with one attached hydrogen (secondary N) is 5. The number of amides is 3. The Hall–Kier alpha value is -5.22. The molecule has 0 bridgehead atoms. The quantitative estimate of drug-likeness (QED) is 0.0594. The number of hydrogen-bond acceptors (Lipinski definition) is 9. The van der Waals surface area contributed by atoms with Crippen molar-refractivity contribution >= 4 is 39.4 Å². The van der Waals surface area contributed by atoms with Crippen LogP contribution in [0.4, 0.5) is 5.69 Å². The lowest BCUT2D eigenvalue weighted by Gasteiger charge is -2.20. The van der Waals surface area contributed by atoms with Gasteiger partial charge in [-0.25, -0.2) is 8.42 Å². The molecule has 1 aliphatic rings. The molecule has 4 rings (SSSR count). The van der Waals surface area contributed by atoms with Crippen LogP contribution in [0.3, 0.4) is 0 Å². The van der Waals surface area contributed by atoms with Crippen molar-refractivity contribution in [2.24, 2.45) is 10.9 Å². The fourth-order valence-electron chi connectivity index (χ4n) is 4.96. The van der Waals surface area contributed by atoms with E-state index in [2.05, 4.69) is 31.1 Å². The van der Waals surface area contributed by atoms with E-state index in [0.717, 1.165) is 28.7 Å². The van der Waals surface area contributed by atoms with Gasteiger partial charge in [0.15, 0.2) is 0 Å². The van der Waals surface area contributed by atoms with Crippen LogP contribution in [0.2, 0.25) is 0 Å². The maximum atomic E-state index is 13.1. The fraction of sp³-hybridized carbons (Fsp3) is 0.344. The number of rotatable bonds is 14. The van der Waals surface area contributed by atoms with Crippen molar-refractivity contribution < 1.29 is 27.6 Å². The standard InChI is InChI=1S/C32H40N8O7S/c1-21-8-6-11-24(18-21)48(45,46)39-26-14-13-22(2)40(31(26)44)20-28(41)35-16-17-47-38-32(33)37-30(43)27(19-23-9-4-3-5-10-23)36-29(42)25-12-7-15-34-25/h3-6,8-11,13-14,18,25,27,34,39H,7,12,15-17,19-20H2,1-2H3,(H,35,41)(H,36,42)(H3,33,37,38,43)/t25-,27-/m0/s1. The summed E-state index contributed by atoms with van der Waals surface area (Å²) in [5.74, 6) is -1.74. The van der Waals surface area contributed by atoms with E-state index >= 15 is 0 Å². The van der Waals surface area contributed by atoms with Gasteiger partial charge in [-0.3, -0.25) is 29.2 Å². The first-order chi connectivity index (χ1) is 22.9. The van der Waals surface area contributed by atoms with E-state index in [9.17, 15) is 27.6 Å². The van der Waals surface area contributed by atoms with Gasteiger partial charge in [-0.1, -0.05) is 42.5 Å². The van der Waals surface area contributed by atoms with Crippen molar-refractivity contribution in [2.45, 2.75) is 56.6 Å². The molecule has 1 aromatic heterocycles. The molecule has 0 radical (unpaired) electrons. The molecular formula is C32H40N8O7S. The third-order valence-electron chi connectivity index (χ3n) is 7.46. The first-order valence-electron chi connectivity index (χ1n) is 15.3. The molecule has 2 heterocycles. The van der Waals surface area contributed by atoms with E-state index in [0.29, 0.717) is 12.1 Å². The predicted octanol–water partition coefficient (Wildman–Crippen LogP) is 0.224. The van der Waals surface area contributed by atoms with Gasteiger partial charge >= 0.3 is 0 Å². The summed E-state index contributed by atoms with van der Waals surface area (Å²) >= 11 is 0. The molecule has 1 saturated heterocycles.